The summed E-state index contributed by atoms with van der Waals surface area (Å²) in [7, 11) is 0. The van der Waals surface area contributed by atoms with Gasteiger partial charge < -0.3 is 19.4 Å². The third-order valence-corrected chi connectivity index (χ3v) is 4.69. The predicted octanol–water partition coefficient (Wildman–Crippen LogP) is 4.15. The van der Waals surface area contributed by atoms with E-state index in [0.29, 0.717) is 43.0 Å². The van der Waals surface area contributed by atoms with Gasteiger partial charge in [-0.3, -0.25) is 4.79 Å². The molecule has 1 aliphatic heterocycles. The average molecular weight is 405 g/mol. The van der Waals surface area contributed by atoms with Crippen LogP contribution in [0.4, 0.5) is 13.2 Å². The van der Waals surface area contributed by atoms with Gasteiger partial charge in [-0.1, -0.05) is 6.07 Å². The fraction of sp³-hybridized carbons (Fsp3) is 0.300. The number of pyridine rings is 1. The van der Waals surface area contributed by atoms with Crippen LogP contribution in [0.15, 0.2) is 48.7 Å². The zero-order valence-electron chi connectivity index (χ0n) is 15.3. The van der Waals surface area contributed by atoms with E-state index in [9.17, 15) is 18.0 Å². The molecule has 29 heavy (non-hydrogen) atoms. The molecule has 152 valence electrons. The molecule has 0 radical (unpaired) electrons. The molecule has 2 aromatic heterocycles. The Bertz CT molecular complexity index is 978. The summed E-state index contributed by atoms with van der Waals surface area (Å²) in [4.78, 5) is 21.7. The maximum Gasteiger partial charge on any atom is 0.573 e. The Kier molecular flexibility index (Phi) is 5.04. The van der Waals surface area contributed by atoms with Crippen LogP contribution >= 0.6 is 0 Å². The molecular formula is C20H18F3N3O3. The molecule has 0 bridgehead atoms. The second-order valence-corrected chi connectivity index (χ2v) is 6.76. The van der Waals surface area contributed by atoms with Gasteiger partial charge in [0, 0.05) is 43.6 Å². The molecule has 1 amide bonds. The highest BCUT2D eigenvalue weighted by molar-refractivity contribution is 5.97. The Hall–Kier alpha value is -3.23. The Morgan fingerprint density at radius 3 is 2.59 bits per heavy atom. The van der Waals surface area contributed by atoms with Gasteiger partial charge in [-0.2, -0.15) is 0 Å². The van der Waals surface area contributed by atoms with Gasteiger partial charge in [-0.15, -0.1) is 13.2 Å². The summed E-state index contributed by atoms with van der Waals surface area (Å²) in [6, 6.07) is 10.9. The van der Waals surface area contributed by atoms with Crippen molar-refractivity contribution in [1.29, 1.82) is 0 Å². The van der Waals surface area contributed by atoms with Crippen molar-refractivity contribution in [3.63, 3.8) is 0 Å². The predicted molar refractivity (Wildman–Crippen MR) is 98.8 cm³/mol. The Labute approximate surface area is 164 Å². The lowest BCUT2D eigenvalue weighted by Crippen LogP contribution is -2.41. The zero-order valence-corrected chi connectivity index (χ0v) is 15.3. The molecule has 1 aromatic carbocycles. The van der Waals surface area contributed by atoms with Crippen molar-refractivity contribution in [1.82, 2.24) is 14.9 Å². The average Bonchev–Trinajstić information content (AvgIpc) is 3.11. The number of nitrogens with one attached hydrogen (secondary N) is 1. The molecule has 0 saturated carbocycles. The van der Waals surface area contributed by atoms with Crippen molar-refractivity contribution >= 4 is 16.9 Å². The summed E-state index contributed by atoms with van der Waals surface area (Å²) in [6.07, 6.45) is -2.12. The summed E-state index contributed by atoms with van der Waals surface area (Å²) in [5, 5.41) is 0.870. The largest absolute Gasteiger partial charge is 0.573 e. The SMILES string of the molecule is O=C(c1cc2cccnc2[nH]1)N1CCC(Oc2cccc(OC(F)(F)F)c2)CC1. The minimum absolute atomic E-state index is 0.109. The highest BCUT2D eigenvalue weighted by Crippen LogP contribution is 2.28. The van der Waals surface area contributed by atoms with Crippen molar-refractivity contribution < 1.29 is 27.4 Å². The molecule has 0 aliphatic carbocycles. The molecule has 9 heteroatoms. The first-order chi connectivity index (χ1) is 13.9. The van der Waals surface area contributed by atoms with Gasteiger partial charge in [0.25, 0.3) is 5.91 Å². The summed E-state index contributed by atoms with van der Waals surface area (Å²) in [5.74, 6) is -0.129. The molecule has 0 atom stereocenters. The number of rotatable bonds is 4. The number of aromatic amines is 1. The number of benzene rings is 1. The Balaban J connectivity index is 1.34. The number of aromatic nitrogens is 2. The van der Waals surface area contributed by atoms with Gasteiger partial charge >= 0.3 is 6.36 Å². The van der Waals surface area contributed by atoms with E-state index >= 15 is 0 Å². The van der Waals surface area contributed by atoms with Crippen LogP contribution in [0.1, 0.15) is 23.3 Å². The summed E-state index contributed by atoms with van der Waals surface area (Å²) < 4.78 is 46.8. The van der Waals surface area contributed by atoms with Gasteiger partial charge in [0.1, 0.15) is 28.9 Å². The van der Waals surface area contributed by atoms with Crippen LogP contribution in [-0.2, 0) is 0 Å². The van der Waals surface area contributed by atoms with Crippen LogP contribution in [-0.4, -0.2) is 46.3 Å². The van der Waals surface area contributed by atoms with Gasteiger partial charge in [0.2, 0.25) is 0 Å². The number of carbonyl (C=O) groups excluding carboxylic acids is 1. The van der Waals surface area contributed by atoms with Crippen LogP contribution in [0.5, 0.6) is 11.5 Å². The standard InChI is InChI=1S/C20H18F3N3O3/c21-20(22,23)29-16-5-1-4-15(12-16)28-14-6-9-26(10-7-14)19(27)17-11-13-3-2-8-24-18(13)25-17/h1-5,8,11-12,14H,6-7,9-10H2,(H,24,25). The molecule has 3 heterocycles. The third kappa shape index (κ3) is 4.61. The van der Waals surface area contributed by atoms with E-state index in [2.05, 4.69) is 14.7 Å². The van der Waals surface area contributed by atoms with Crippen molar-refractivity contribution in [2.24, 2.45) is 0 Å². The quantitative estimate of drug-likeness (QED) is 0.708. The third-order valence-electron chi connectivity index (χ3n) is 4.69. The van der Waals surface area contributed by atoms with E-state index in [-0.39, 0.29) is 17.8 Å². The van der Waals surface area contributed by atoms with Crippen LogP contribution in [0, 0.1) is 0 Å². The maximum atomic E-state index is 12.7. The van der Waals surface area contributed by atoms with Crippen molar-refractivity contribution in [2.75, 3.05) is 13.1 Å². The van der Waals surface area contributed by atoms with Crippen molar-refractivity contribution in [3.8, 4) is 11.5 Å². The molecule has 0 spiro atoms. The lowest BCUT2D eigenvalue weighted by atomic mass is 10.1. The Morgan fingerprint density at radius 1 is 1.10 bits per heavy atom. The highest BCUT2D eigenvalue weighted by Gasteiger charge is 2.31. The molecule has 3 aromatic rings. The number of halogens is 3. The number of ether oxygens (including phenoxy) is 2. The molecule has 4 rings (SSSR count). The van der Waals surface area contributed by atoms with Crippen molar-refractivity contribution in [3.05, 3.63) is 54.4 Å². The molecule has 6 nitrogen and oxygen atoms in total. The number of amides is 1. The van der Waals surface area contributed by atoms with E-state index in [0.717, 1.165) is 5.39 Å². The zero-order chi connectivity index (χ0) is 20.4. The van der Waals surface area contributed by atoms with Crippen LogP contribution < -0.4 is 9.47 Å². The first-order valence-electron chi connectivity index (χ1n) is 9.13. The maximum absolute atomic E-state index is 12.7. The number of hydrogen-bond acceptors (Lipinski definition) is 4. The molecule has 1 N–H and O–H groups in total. The molecule has 1 aliphatic rings. The number of fused-ring (bicyclic) bond motifs is 1. The lowest BCUT2D eigenvalue weighted by Gasteiger charge is -2.32. The van der Waals surface area contributed by atoms with E-state index in [1.807, 2.05) is 12.1 Å². The minimum Gasteiger partial charge on any atom is -0.490 e. The summed E-state index contributed by atoms with van der Waals surface area (Å²) >= 11 is 0. The molecule has 0 unspecified atom stereocenters. The fourth-order valence-corrected chi connectivity index (χ4v) is 3.36. The van der Waals surface area contributed by atoms with E-state index in [4.69, 9.17) is 4.74 Å². The summed E-state index contributed by atoms with van der Waals surface area (Å²) in [5.41, 5.74) is 1.14. The number of hydrogen-bond donors (Lipinski definition) is 1. The smallest absolute Gasteiger partial charge is 0.490 e. The van der Waals surface area contributed by atoms with Gasteiger partial charge in [0.05, 0.1) is 0 Å². The van der Waals surface area contributed by atoms with Gasteiger partial charge in [0.15, 0.2) is 0 Å². The van der Waals surface area contributed by atoms with E-state index in [1.54, 1.807) is 23.2 Å². The lowest BCUT2D eigenvalue weighted by molar-refractivity contribution is -0.274. The minimum atomic E-state index is -4.75. The van der Waals surface area contributed by atoms with Crippen LogP contribution in [0.2, 0.25) is 0 Å². The van der Waals surface area contributed by atoms with Crippen LogP contribution in [0.25, 0.3) is 11.0 Å². The normalized spacial score (nSPS) is 15.5. The number of H-pyrrole nitrogens is 1. The first kappa shape index (κ1) is 19.1. The highest BCUT2D eigenvalue weighted by atomic mass is 19.4. The topological polar surface area (TPSA) is 67.5 Å². The number of likely N-dealkylation sites (tertiary alicyclic amines) is 1. The monoisotopic (exact) mass is 405 g/mol. The second kappa shape index (κ2) is 7.65. The van der Waals surface area contributed by atoms with Crippen LogP contribution in [0.3, 0.4) is 0 Å². The second-order valence-electron chi connectivity index (χ2n) is 6.76. The Morgan fingerprint density at radius 2 is 1.86 bits per heavy atom. The number of piperidine rings is 1. The fourth-order valence-electron chi connectivity index (χ4n) is 3.36. The number of alkyl halides is 3. The summed E-state index contributed by atoms with van der Waals surface area (Å²) in [6.45, 7) is 0.982. The van der Waals surface area contributed by atoms with Gasteiger partial charge in [-0.05, 0) is 30.3 Å². The van der Waals surface area contributed by atoms with Gasteiger partial charge in [-0.25, -0.2) is 4.98 Å². The first-order valence-corrected chi connectivity index (χ1v) is 9.13. The number of carbonyl (C=O) groups is 1. The molecule has 1 fully saturated rings. The van der Waals surface area contributed by atoms with Crippen molar-refractivity contribution in [2.45, 2.75) is 25.3 Å². The number of nitrogens with zero attached hydrogens (tertiary/aromatic N) is 2. The van der Waals surface area contributed by atoms with E-state index < -0.39 is 6.36 Å². The van der Waals surface area contributed by atoms with E-state index in [1.165, 1.54) is 18.2 Å². The molecular weight excluding hydrogens is 387 g/mol. The molecule has 1 saturated heterocycles.